The molecular formula is C7H11NO. The lowest BCUT2D eigenvalue weighted by atomic mass is 9.71. The summed E-state index contributed by atoms with van der Waals surface area (Å²) in [6.45, 7) is 0.978. The maximum absolute atomic E-state index is 5.47. The first-order chi connectivity index (χ1) is 4.45. The number of nitrogens with one attached hydrogen (secondary N) is 1. The first-order valence-corrected chi connectivity index (χ1v) is 3.83. The minimum absolute atomic E-state index is 0.453. The van der Waals surface area contributed by atoms with Gasteiger partial charge < -0.3 is 4.74 Å². The van der Waals surface area contributed by atoms with Crippen LogP contribution in [0.1, 0.15) is 12.8 Å². The van der Waals surface area contributed by atoms with Crippen LogP contribution in [-0.2, 0) is 4.74 Å². The maximum atomic E-state index is 5.47. The topological polar surface area (TPSA) is 21.3 Å². The van der Waals surface area contributed by atoms with Gasteiger partial charge in [-0.1, -0.05) is 0 Å². The second-order valence-electron chi connectivity index (χ2n) is 3.43. The molecule has 9 heavy (non-hydrogen) atoms. The third-order valence-electron chi connectivity index (χ3n) is 3.12. The van der Waals surface area contributed by atoms with Crippen LogP contribution in [0.5, 0.6) is 0 Å². The molecule has 3 aliphatic rings. The lowest BCUT2D eigenvalue weighted by Crippen LogP contribution is -2.38. The van der Waals surface area contributed by atoms with Crippen molar-refractivity contribution < 1.29 is 4.74 Å². The summed E-state index contributed by atoms with van der Waals surface area (Å²) in [6, 6.07) is 0.730. The van der Waals surface area contributed by atoms with E-state index in [0.717, 1.165) is 24.5 Å². The van der Waals surface area contributed by atoms with Crippen molar-refractivity contribution in [2.24, 2.45) is 11.8 Å². The van der Waals surface area contributed by atoms with Crippen molar-refractivity contribution in [2.75, 3.05) is 6.61 Å². The predicted molar refractivity (Wildman–Crippen MR) is 32.9 cm³/mol. The Morgan fingerprint density at radius 2 is 2.11 bits per heavy atom. The Hall–Kier alpha value is -0.0800. The van der Waals surface area contributed by atoms with Crippen molar-refractivity contribution in [3.63, 3.8) is 0 Å². The molecule has 3 rings (SSSR count). The van der Waals surface area contributed by atoms with Gasteiger partial charge in [-0.3, -0.25) is 5.32 Å². The summed E-state index contributed by atoms with van der Waals surface area (Å²) in [5, 5.41) is 3.47. The van der Waals surface area contributed by atoms with E-state index in [1.54, 1.807) is 0 Å². The summed E-state index contributed by atoms with van der Waals surface area (Å²) in [6.07, 6.45) is 3.30. The van der Waals surface area contributed by atoms with Gasteiger partial charge in [-0.05, 0) is 18.8 Å². The van der Waals surface area contributed by atoms with E-state index >= 15 is 0 Å². The Labute approximate surface area is 54.6 Å². The van der Waals surface area contributed by atoms with Crippen LogP contribution in [0.2, 0.25) is 0 Å². The summed E-state index contributed by atoms with van der Waals surface area (Å²) in [4.78, 5) is 0. The normalized spacial score (nSPS) is 61.3. The summed E-state index contributed by atoms with van der Waals surface area (Å²) in [5.74, 6) is 1.88. The van der Waals surface area contributed by atoms with Crippen LogP contribution in [-0.4, -0.2) is 18.9 Å². The van der Waals surface area contributed by atoms with Crippen LogP contribution in [0.25, 0.3) is 0 Å². The van der Waals surface area contributed by atoms with Gasteiger partial charge >= 0.3 is 0 Å². The zero-order chi connectivity index (χ0) is 5.84. The van der Waals surface area contributed by atoms with E-state index in [1.807, 2.05) is 0 Å². The molecule has 0 aromatic carbocycles. The van der Waals surface area contributed by atoms with Crippen LogP contribution in [0.4, 0.5) is 0 Å². The third kappa shape index (κ3) is 0.413. The van der Waals surface area contributed by atoms with E-state index in [1.165, 1.54) is 12.8 Å². The monoisotopic (exact) mass is 125 g/mol. The summed E-state index contributed by atoms with van der Waals surface area (Å²) < 4.78 is 5.47. The van der Waals surface area contributed by atoms with Crippen molar-refractivity contribution in [1.82, 2.24) is 5.32 Å². The van der Waals surface area contributed by atoms with E-state index in [9.17, 15) is 0 Å². The Balaban J connectivity index is 1.94. The second kappa shape index (κ2) is 1.32. The molecule has 2 nitrogen and oxygen atoms in total. The molecular weight excluding hydrogens is 114 g/mol. The van der Waals surface area contributed by atoms with Gasteiger partial charge in [0.15, 0.2) is 0 Å². The molecule has 0 aromatic heterocycles. The van der Waals surface area contributed by atoms with Crippen molar-refractivity contribution in [3.05, 3.63) is 0 Å². The van der Waals surface area contributed by atoms with Gasteiger partial charge in [-0.2, -0.15) is 0 Å². The number of rotatable bonds is 0. The van der Waals surface area contributed by atoms with Gasteiger partial charge in [0, 0.05) is 12.0 Å². The molecule has 50 valence electrons. The lowest BCUT2D eigenvalue weighted by molar-refractivity contribution is -0.0321. The third-order valence-corrected chi connectivity index (χ3v) is 3.12. The molecule has 0 spiro atoms. The molecule has 2 saturated heterocycles. The quantitative estimate of drug-likeness (QED) is 0.504. The first kappa shape index (κ1) is 4.69. The fourth-order valence-electron chi connectivity index (χ4n) is 2.44. The van der Waals surface area contributed by atoms with Gasteiger partial charge in [0.2, 0.25) is 0 Å². The van der Waals surface area contributed by atoms with Gasteiger partial charge in [-0.25, -0.2) is 0 Å². The Bertz CT molecular complexity index is 128. The SMILES string of the molecule is C1OC2NC1C1CCC21. The highest BCUT2D eigenvalue weighted by molar-refractivity contribution is 5.03. The molecule has 4 unspecified atom stereocenters. The van der Waals surface area contributed by atoms with E-state index in [2.05, 4.69) is 5.32 Å². The van der Waals surface area contributed by atoms with E-state index in [0.29, 0.717) is 6.23 Å². The molecule has 1 saturated carbocycles. The van der Waals surface area contributed by atoms with Crippen LogP contribution < -0.4 is 5.32 Å². The molecule has 1 aliphatic carbocycles. The minimum atomic E-state index is 0.453. The largest absolute Gasteiger partial charge is 0.361 e. The van der Waals surface area contributed by atoms with Crippen molar-refractivity contribution in [1.29, 1.82) is 0 Å². The van der Waals surface area contributed by atoms with Gasteiger partial charge in [-0.15, -0.1) is 0 Å². The van der Waals surface area contributed by atoms with Gasteiger partial charge in [0.25, 0.3) is 0 Å². The fourth-order valence-corrected chi connectivity index (χ4v) is 2.44. The Morgan fingerprint density at radius 1 is 1.22 bits per heavy atom. The molecule has 2 heteroatoms. The number of ether oxygens (including phenoxy) is 1. The summed E-state index contributed by atoms with van der Waals surface area (Å²) >= 11 is 0. The molecule has 1 N–H and O–H groups in total. The van der Waals surface area contributed by atoms with E-state index < -0.39 is 0 Å². The molecule has 2 bridgehead atoms. The van der Waals surface area contributed by atoms with Crippen LogP contribution in [0.3, 0.4) is 0 Å². The smallest absolute Gasteiger partial charge is 0.111 e. The first-order valence-electron chi connectivity index (χ1n) is 3.83. The van der Waals surface area contributed by atoms with E-state index in [4.69, 9.17) is 4.74 Å². The minimum Gasteiger partial charge on any atom is -0.361 e. The molecule has 0 radical (unpaired) electrons. The van der Waals surface area contributed by atoms with Crippen molar-refractivity contribution in [3.8, 4) is 0 Å². The zero-order valence-corrected chi connectivity index (χ0v) is 5.34. The highest BCUT2D eigenvalue weighted by Gasteiger charge is 2.52. The van der Waals surface area contributed by atoms with Gasteiger partial charge in [0.1, 0.15) is 6.23 Å². The number of fused-ring (bicyclic) bond motifs is 5. The van der Waals surface area contributed by atoms with Crippen molar-refractivity contribution in [2.45, 2.75) is 25.1 Å². The molecule has 0 aromatic rings. The summed E-state index contributed by atoms with van der Waals surface area (Å²) in [7, 11) is 0. The number of hydrogen-bond donors (Lipinski definition) is 1. The average Bonchev–Trinajstić information content (AvgIpc) is 2.18. The Morgan fingerprint density at radius 3 is 2.56 bits per heavy atom. The summed E-state index contributed by atoms with van der Waals surface area (Å²) in [5.41, 5.74) is 0. The molecule has 2 aliphatic heterocycles. The molecule has 4 atom stereocenters. The lowest BCUT2D eigenvalue weighted by Gasteiger charge is -2.37. The second-order valence-corrected chi connectivity index (χ2v) is 3.43. The predicted octanol–water partition coefficient (Wildman–Crippen LogP) is 0.341. The van der Waals surface area contributed by atoms with Crippen LogP contribution in [0, 0.1) is 11.8 Å². The maximum Gasteiger partial charge on any atom is 0.111 e. The zero-order valence-electron chi connectivity index (χ0n) is 5.34. The highest BCUT2D eigenvalue weighted by atomic mass is 16.5. The van der Waals surface area contributed by atoms with Crippen LogP contribution in [0.15, 0.2) is 0 Å². The van der Waals surface area contributed by atoms with Gasteiger partial charge in [0.05, 0.1) is 6.61 Å². The molecule has 2 heterocycles. The number of hydrogen-bond acceptors (Lipinski definition) is 2. The Kier molecular flexibility index (Phi) is 0.691. The average molecular weight is 125 g/mol. The highest BCUT2D eigenvalue weighted by Crippen LogP contribution is 2.47. The van der Waals surface area contributed by atoms with Crippen LogP contribution >= 0.6 is 0 Å². The fraction of sp³-hybridized carbons (Fsp3) is 1.00. The van der Waals surface area contributed by atoms with E-state index in [-0.39, 0.29) is 0 Å². The standard InChI is InChI=1S/C7H11NO/c1-2-5-4(1)6-3-9-7(5)8-6/h4-8H,1-3H2. The molecule has 3 fully saturated rings. The van der Waals surface area contributed by atoms with Crippen molar-refractivity contribution >= 4 is 0 Å². The molecule has 0 amide bonds.